The number of aliphatic imine (C=N–C) groups is 1. The first kappa shape index (κ1) is 22.4. The molecule has 0 spiro atoms. The molecule has 2 N–H and O–H groups in total. The molecule has 0 amide bonds. The van der Waals surface area contributed by atoms with Crippen LogP contribution in [0.3, 0.4) is 0 Å². The molecular formula is C20H26IN5OS. The largest absolute Gasteiger partial charge is 0.444 e. The molecular weight excluding hydrogens is 485 g/mol. The van der Waals surface area contributed by atoms with Gasteiger partial charge in [-0.15, -0.1) is 35.3 Å². The molecule has 0 aliphatic rings. The average Bonchev–Trinajstić information content (AvgIpc) is 3.32. The van der Waals surface area contributed by atoms with Crippen molar-refractivity contribution >= 4 is 41.3 Å². The van der Waals surface area contributed by atoms with Crippen molar-refractivity contribution in [2.45, 2.75) is 39.8 Å². The molecule has 1 aromatic carbocycles. The van der Waals surface area contributed by atoms with Crippen molar-refractivity contribution < 1.29 is 4.42 Å². The van der Waals surface area contributed by atoms with Crippen LogP contribution in [0.15, 0.2) is 45.3 Å². The summed E-state index contributed by atoms with van der Waals surface area (Å²) in [4.78, 5) is 13.4. The predicted octanol–water partition coefficient (Wildman–Crippen LogP) is 4.71. The van der Waals surface area contributed by atoms with Gasteiger partial charge in [-0.1, -0.05) is 31.5 Å². The first-order valence-electron chi connectivity index (χ1n) is 8.95. The quantitative estimate of drug-likeness (QED) is 0.285. The zero-order chi connectivity index (χ0) is 19.2. The van der Waals surface area contributed by atoms with E-state index in [0.717, 1.165) is 22.0 Å². The summed E-state index contributed by atoms with van der Waals surface area (Å²) < 4.78 is 5.59. The lowest BCUT2D eigenvalue weighted by molar-refractivity contribution is 0.572. The molecule has 0 aliphatic carbocycles. The highest BCUT2D eigenvalue weighted by Gasteiger charge is 2.09. The van der Waals surface area contributed by atoms with Gasteiger partial charge in [-0.05, 0) is 19.1 Å². The summed E-state index contributed by atoms with van der Waals surface area (Å²) in [5.41, 5.74) is 4.03. The summed E-state index contributed by atoms with van der Waals surface area (Å²) in [5.74, 6) is 1.78. The van der Waals surface area contributed by atoms with Crippen molar-refractivity contribution in [3.05, 3.63) is 57.9 Å². The number of thiazole rings is 1. The molecule has 6 nitrogen and oxygen atoms in total. The number of aromatic nitrogens is 2. The highest BCUT2D eigenvalue weighted by Crippen LogP contribution is 2.20. The summed E-state index contributed by atoms with van der Waals surface area (Å²) >= 11 is 1.69. The smallest absolute Gasteiger partial charge is 0.226 e. The fourth-order valence-electron chi connectivity index (χ4n) is 2.46. The minimum Gasteiger partial charge on any atom is -0.444 e. The average molecular weight is 511 g/mol. The Morgan fingerprint density at radius 3 is 2.39 bits per heavy atom. The Bertz CT molecular complexity index is 901. The zero-order valence-electron chi connectivity index (χ0n) is 16.5. The standard InChI is InChI=1S/C20H25N5OS.HI/c1-13(2)19-25-17(12-27-19)10-23-20(21-4)22-9-16-11-26-18(24-16)15-7-5-14(3)6-8-15;/h5-8,11-13H,9-10H2,1-4H3,(H2,21,22,23);1H. The first-order valence-corrected chi connectivity index (χ1v) is 9.83. The molecule has 8 heteroatoms. The van der Waals surface area contributed by atoms with Gasteiger partial charge in [0.1, 0.15) is 6.26 Å². The number of nitrogens with zero attached hydrogens (tertiary/aromatic N) is 3. The fraction of sp³-hybridized carbons (Fsp3) is 0.350. The van der Waals surface area contributed by atoms with Gasteiger partial charge in [0, 0.05) is 23.9 Å². The summed E-state index contributed by atoms with van der Waals surface area (Å²) in [6, 6.07) is 8.12. The molecule has 150 valence electrons. The molecule has 0 atom stereocenters. The second kappa shape index (κ2) is 10.6. The van der Waals surface area contributed by atoms with E-state index in [0.29, 0.717) is 30.9 Å². The Balaban J connectivity index is 0.00000280. The lowest BCUT2D eigenvalue weighted by Crippen LogP contribution is -2.36. The molecule has 2 aromatic heterocycles. The molecule has 0 fully saturated rings. The van der Waals surface area contributed by atoms with Crippen molar-refractivity contribution in [2.75, 3.05) is 7.05 Å². The number of hydrogen-bond acceptors (Lipinski definition) is 5. The van der Waals surface area contributed by atoms with E-state index in [1.165, 1.54) is 5.56 Å². The summed E-state index contributed by atoms with van der Waals surface area (Å²) in [6.45, 7) is 7.53. The van der Waals surface area contributed by atoms with Crippen LogP contribution in [0.2, 0.25) is 0 Å². The Morgan fingerprint density at radius 2 is 1.79 bits per heavy atom. The van der Waals surface area contributed by atoms with Gasteiger partial charge in [-0.3, -0.25) is 4.99 Å². The van der Waals surface area contributed by atoms with Crippen molar-refractivity contribution in [3.63, 3.8) is 0 Å². The van der Waals surface area contributed by atoms with Crippen LogP contribution in [0.5, 0.6) is 0 Å². The third-order valence-electron chi connectivity index (χ3n) is 4.01. The number of guanidine groups is 1. The monoisotopic (exact) mass is 511 g/mol. The summed E-state index contributed by atoms with van der Waals surface area (Å²) in [7, 11) is 1.75. The molecule has 0 saturated carbocycles. The highest BCUT2D eigenvalue weighted by atomic mass is 127. The lowest BCUT2D eigenvalue weighted by Gasteiger charge is -2.09. The third kappa shape index (κ3) is 6.03. The van der Waals surface area contributed by atoms with E-state index in [9.17, 15) is 0 Å². The van der Waals surface area contributed by atoms with Crippen LogP contribution in [0.4, 0.5) is 0 Å². The van der Waals surface area contributed by atoms with Crippen molar-refractivity contribution in [1.29, 1.82) is 0 Å². The number of rotatable bonds is 6. The predicted molar refractivity (Wildman–Crippen MR) is 125 cm³/mol. The van der Waals surface area contributed by atoms with Crippen LogP contribution in [0.1, 0.15) is 41.7 Å². The van der Waals surface area contributed by atoms with E-state index in [4.69, 9.17) is 4.42 Å². The topological polar surface area (TPSA) is 75.3 Å². The summed E-state index contributed by atoms with van der Waals surface area (Å²) in [5, 5.41) is 9.77. The van der Waals surface area contributed by atoms with Gasteiger partial charge in [0.25, 0.3) is 0 Å². The van der Waals surface area contributed by atoms with Crippen LogP contribution >= 0.6 is 35.3 Å². The Labute approximate surface area is 186 Å². The molecule has 0 radical (unpaired) electrons. The van der Waals surface area contributed by atoms with Gasteiger partial charge in [0.15, 0.2) is 5.96 Å². The minimum absolute atomic E-state index is 0. The van der Waals surface area contributed by atoms with Gasteiger partial charge >= 0.3 is 0 Å². The van der Waals surface area contributed by atoms with Crippen LogP contribution in [0.25, 0.3) is 11.5 Å². The van der Waals surface area contributed by atoms with Crippen LogP contribution in [-0.2, 0) is 13.1 Å². The van der Waals surface area contributed by atoms with Crippen LogP contribution < -0.4 is 10.6 Å². The maximum atomic E-state index is 5.59. The van der Waals surface area contributed by atoms with E-state index >= 15 is 0 Å². The van der Waals surface area contributed by atoms with E-state index < -0.39 is 0 Å². The van der Waals surface area contributed by atoms with Gasteiger partial charge in [0.2, 0.25) is 5.89 Å². The van der Waals surface area contributed by atoms with E-state index in [1.54, 1.807) is 24.6 Å². The highest BCUT2D eigenvalue weighted by molar-refractivity contribution is 14.0. The van der Waals surface area contributed by atoms with Gasteiger partial charge in [-0.2, -0.15) is 0 Å². The van der Waals surface area contributed by atoms with Gasteiger partial charge in [-0.25, -0.2) is 9.97 Å². The maximum Gasteiger partial charge on any atom is 0.226 e. The lowest BCUT2D eigenvalue weighted by atomic mass is 10.1. The van der Waals surface area contributed by atoms with Crippen molar-refractivity contribution in [2.24, 2.45) is 4.99 Å². The third-order valence-corrected chi connectivity index (χ3v) is 5.21. The Morgan fingerprint density at radius 1 is 1.11 bits per heavy atom. The Hall–Kier alpha value is -1.94. The molecule has 0 unspecified atom stereocenters. The number of aryl methyl sites for hydroxylation is 1. The van der Waals surface area contributed by atoms with Crippen molar-refractivity contribution in [1.82, 2.24) is 20.6 Å². The number of halogens is 1. The van der Waals surface area contributed by atoms with Gasteiger partial charge < -0.3 is 15.1 Å². The second-order valence-electron chi connectivity index (χ2n) is 6.62. The van der Waals surface area contributed by atoms with Crippen molar-refractivity contribution in [3.8, 4) is 11.5 Å². The molecule has 3 aromatic rings. The number of hydrogen-bond donors (Lipinski definition) is 2. The molecule has 0 saturated heterocycles. The molecule has 3 rings (SSSR count). The molecule has 0 aliphatic heterocycles. The maximum absolute atomic E-state index is 5.59. The number of nitrogens with one attached hydrogen (secondary N) is 2. The Kier molecular flexibility index (Phi) is 8.43. The molecule has 28 heavy (non-hydrogen) atoms. The second-order valence-corrected chi connectivity index (χ2v) is 7.51. The van der Waals surface area contributed by atoms with Crippen LogP contribution in [-0.4, -0.2) is 23.0 Å². The summed E-state index contributed by atoms with van der Waals surface area (Å²) in [6.07, 6.45) is 1.67. The minimum atomic E-state index is 0. The fourth-order valence-corrected chi connectivity index (χ4v) is 3.29. The SMILES string of the molecule is CN=C(NCc1coc(-c2ccc(C)cc2)n1)NCc1csc(C(C)C)n1.I. The first-order chi connectivity index (χ1) is 13.0. The zero-order valence-corrected chi connectivity index (χ0v) is 19.7. The van der Waals surface area contributed by atoms with E-state index in [2.05, 4.69) is 51.7 Å². The molecule has 2 heterocycles. The van der Waals surface area contributed by atoms with E-state index in [-0.39, 0.29) is 24.0 Å². The molecule has 0 bridgehead atoms. The van der Waals surface area contributed by atoms with Crippen LogP contribution in [0, 0.1) is 6.92 Å². The number of benzene rings is 1. The number of oxazole rings is 1. The van der Waals surface area contributed by atoms with E-state index in [1.807, 2.05) is 24.3 Å². The van der Waals surface area contributed by atoms with Gasteiger partial charge in [0.05, 0.1) is 29.5 Å². The normalized spacial score (nSPS) is 11.4.